The first-order valence-corrected chi connectivity index (χ1v) is 7.19. The van der Waals surface area contributed by atoms with Crippen LogP contribution in [0.1, 0.15) is 17.1 Å². The third-order valence-corrected chi connectivity index (χ3v) is 3.81. The summed E-state index contributed by atoms with van der Waals surface area (Å²) in [4.78, 5) is 7.90. The molecule has 6 nitrogen and oxygen atoms in total. The summed E-state index contributed by atoms with van der Waals surface area (Å²) in [6.45, 7) is 1.68. The smallest absolute Gasteiger partial charge is 0.276 e. The lowest BCUT2D eigenvalue weighted by atomic mass is 10.1. The van der Waals surface area contributed by atoms with Gasteiger partial charge in [0.1, 0.15) is 11.6 Å². The molecule has 0 bridgehead atoms. The van der Waals surface area contributed by atoms with E-state index in [1.165, 1.54) is 24.4 Å². The SMILES string of the molecule is Cc1ccc2nc(C(F)(F)F)n(-c3cc(C#N)c4[nH]ncc4c3)c2n1. The van der Waals surface area contributed by atoms with Gasteiger partial charge in [-0.15, -0.1) is 0 Å². The van der Waals surface area contributed by atoms with Crippen molar-refractivity contribution in [2.45, 2.75) is 13.1 Å². The van der Waals surface area contributed by atoms with Crippen molar-refractivity contribution in [1.82, 2.24) is 24.7 Å². The maximum atomic E-state index is 13.5. The van der Waals surface area contributed by atoms with Gasteiger partial charge in [-0.2, -0.15) is 23.5 Å². The van der Waals surface area contributed by atoms with E-state index < -0.39 is 12.0 Å². The van der Waals surface area contributed by atoms with Crippen molar-refractivity contribution in [1.29, 1.82) is 5.26 Å². The zero-order chi connectivity index (χ0) is 17.8. The lowest BCUT2D eigenvalue weighted by molar-refractivity contribution is -0.145. The van der Waals surface area contributed by atoms with Crippen LogP contribution in [0.4, 0.5) is 13.2 Å². The van der Waals surface area contributed by atoms with Crippen LogP contribution >= 0.6 is 0 Å². The number of alkyl halides is 3. The van der Waals surface area contributed by atoms with Crippen LogP contribution in [0.2, 0.25) is 0 Å². The fourth-order valence-corrected chi connectivity index (χ4v) is 2.75. The van der Waals surface area contributed by atoms with Crippen molar-refractivity contribution < 1.29 is 13.2 Å². The minimum atomic E-state index is -4.67. The molecule has 0 unspecified atom stereocenters. The van der Waals surface area contributed by atoms with Crippen LogP contribution in [-0.4, -0.2) is 24.7 Å². The van der Waals surface area contributed by atoms with E-state index in [0.717, 1.165) is 4.57 Å². The Bertz CT molecular complexity index is 1160. The summed E-state index contributed by atoms with van der Waals surface area (Å²) in [5, 5.41) is 16.3. The van der Waals surface area contributed by atoms with E-state index >= 15 is 0 Å². The first kappa shape index (κ1) is 15.1. The highest BCUT2D eigenvalue weighted by molar-refractivity contribution is 5.87. The fraction of sp³-hybridized carbons (Fsp3) is 0.125. The highest BCUT2D eigenvalue weighted by atomic mass is 19.4. The minimum absolute atomic E-state index is 0.0825. The van der Waals surface area contributed by atoms with E-state index in [4.69, 9.17) is 0 Å². The Kier molecular flexibility index (Phi) is 3.05. The van der Waals surface area contributed by atoms with Crippen LogP contribution in [0.3, 0.4) is 0 Å². The third-order valence-electron chi connectivity index (χ3n) is 3.81. The molecule has 0 aliphatic heterocycles. The Hall–Kier alpha value is -3.41. The molecule has 0 radical (unpaired) electrons. The fourth-order valence-electron chi connectivity index (χ4n) is 2.75. The van der Waals surface area contributed by atoms with Gasteiger partial charge in [-0.05, 0) is 31.2 Å². The first-order chi connectivity index (χ1) is 11.9. The molecule has 0 spiro atoms. The predicted molar refractivity (Wildman–Crippen MR) is 83.0 cm³/mol. The maximum Gasteiger partial charge on any atom is 0.450 e. The lowest BCUT2D eigenvalue weighted by Crippen LogP contribution is -2.14. The van der Waals surface area contributed by atoms with E-state index in [9.17, 15) is 18.4 Å². The van der Waals surface area contributed by atoms with Gasteiger partial charge in [0.05, 0.1) is 23.0 Å². The molecule has 1 N–H and O–H groups in total. The average molecular weight is 342 g/mol. The summed E-state index contributed by atoms with van der Waals surface area (Å²) < 4.78 is 41.5. The van der Waals surface area contributed by atoms with Crippen molar-refractivity contribution in [3.05, 3.63) is 47.5 Å². The molecule has 0 fully saturated rings. The number of benzene rings is 1. The molecule has 0 atom stereocenters. The summed E-state index contributed by atoms with van der Waals surface area (Å²) in [7, 11) is 0. The maximum absolute atomic E-state index is 13.5. The van der Waals surface area contributed by atoms with Crippen molar-refractivity contribution >= 4 is 22.1 Å². The Balaban J connectivity index is 2.13. The van der Waals surface area contributed by atoms with E-state index in [0.29, 0.717) is 16.6 Å². The van der Waals surface area contributed by atoms with Crippen LogP contribution in [0.25, 0.3) is 27.8 Å². The molecule has 25 heavy (non-hydrogen) atoms. The number of aromatic amines is 1. The van der Waals surface area contributed by atoms with E-state index in [1.807, 2.05) is 6.07 Å². The van der Waals surface area contributed by atoms with Crippen LogP contribution in [-0.2, 0) is 6.18 Å². The number of pyridine rings is 1. The van der Waals surface area contributed by atoms with Gasteiger partial charge in [-0.3, -0.25) is 9.67 Å². The average Bonchev–Trinajstić information content (AvgIpc) is 3.16. The Labute approximate surface area is 138 Å². The van der Waals surface area contributed by atoms with Crippen molar-refractivity contribution in [3.63, 3.8) is 0 Å². The second-order valence-electron chi connectivity index (χ2n) is 5.50. The Morgan fingerprint density at radius 3 is 2.72 bits per heavy atom. The first-order valence-electron chi connectivity index (χ1n) is 7.19. The summed E-state index contributed by atoms with van der Waals surface area (Å²) in [6, 6.07) is 7.93. The number of halogens is 3. The quantitative estimate of drug-likeness (QED) is 0.574. The topological polar surface area (TPSA) is 83.2 Å². The molecule has 3 aromatic heterocycles. The number of hydrogen-bond donors (Lipinski definition) is 1. The van der Waals surface area contributed by atoms with E-state index in [-0.39, 0.29) is 22.4 Å². The zero-order valence-corrected chi connectivity index (χ0v) is 12.8. The number of aryl methyl sites for hydroxylation is 1. The van der Waals surface area contributed by atoms with Gasteiger partial charge in [-0.25, -0.2) is 9.97 Å². The van der Waals surface area contributed by atoms with Gasteiger partial charge in [0.15, 0.2) is 5.65 Å². The van der Waals surface area contributed by atoms with Crippen LogP contribution < -0.4 is 0 Å². The molecule has 3 heterocycles. The number of rotatable bonds is 1. The molecule has 9 heteroatoms. The number of fused-ring (bicyclic) bond motifs is 2. The van der Waals surface area contributed by atoms with E-state index in [2.05, 4.69) is 20.2 Å². The number of imidazole rings is 1. The summed E-state index contributed by atoms with van der Waals surface area (Å²) in [6.07, 6.45) is -3.22. The summed E-state index contributed by atoms with van der Waals surface area (Å²) in [5.74, 6) is -1.09. The zero-order valence-electron chi connectivity index (χ0n) is 12.8. The number of nitrogens with one attached hydrogen (secondary N) is 1. The normalized spacial score (nSPS) is 12.0. The van der Waals surface area contributed by atoms with Gasteiger partial charge in [0.2, 0.25) is 5.82 Å². The molecule has 0 saturated heterocycles. The Morgan fingerprint density at radius 1 is 1.20 bits per heavy atom. The summed E-state index contributed by atoms with van der Waals surface area (Å²) >= 11 is 0. The number of aromatic nitrogens is 5. The van der Waals surface area contributed by atoms with Crippen molar-refractivity contribution in [3.8, 4) is 11.8 Å². The monoisotopic (exact) mass is 342 g/mol. The summed E-state index contributed by atoms with van der Waals surface area (Å²) in [5.41, 5.74) is 1.58. The molecule has 4 aromatic rings. The molecule has 1 aromatic carbocycles. The van der Waals surface area contributed by atoms with Gasteiger partial charge >= 0.3 is 6.18 Å². The number of hydrogen-bond acceptors (Lipinski definition) is 4. The van der Waals surface area contributed by atoms with Crippen molar-refractivity contribution in [2.75, 3.05) is 0 Å². The van der Waals surface area contributed by atoms with Crippen LogP contribution in [0, 0.1) is 18.3 Å². The highest BCUT2D eigenvalue weighted by Crippen LogP contribution is 2.34. The minimum Gasteiger partial charge on any atom is -0.276 e. The van der Waals surface area contributed by atoms with Crippen molar-refractivity contribution in [2.24, 2.45) is 0 Å². The molecule has 0 saturated carbocycles. The third kappa shape index (κ3) is 2.30. The van der Waals surface area contributed by atoms with Gasteiger partial charge < -0.3 is 0 Å². The van der Waals surface area contributed by atoms with Gasteiger partial charge in [0.25, 0.3) is 0 Å². The molecule has 124 valence electrons. The second kappa shape index (κ2) is 5.04. The van der Waals surface area contributed by atoms with Crippen LogP contribution in [0.15, 0.2) is 30.5 Å². The van der Waals surface area contributed by atoms with Gasteiger partial charge in [0, 0.05) is 11.1 Å². The molecule has 4 rings (SSSR count). The molecular weight excluding hydrogens is 333 g/mol. The molecule has 0 aliphatic carbocycles. The number of H-pyrrole nitrogens is 1. The van der Waals surface area contributed by atoms with Gasteiger partial charge in [-0.1, -0.05) is 0 Å². The molecular formula is C16H9F3N6. The van der Waals surface area contributed by atoms with Crippen LogP contribution in [0.5, 0.6) is 0 Å². The number of nitrogens with zero attached hydrogens (tertiary/aromatic N) is 5. The standard InChI is InChI=1S/C16H9F3N6/c1-8-2-3-12-14(22-8)25(15(23-12)16(17,18)19)11-4-9(6-20)13-10(5-11)7-21-24-13/h2-5,7H,1H3,(H,21,24). The van der Waals surface area contributed by atoms with E-state index in [1.54, 1.807) is 13.0 Å². The highest BCUT2D eigenvalue weighted by Gasteiger charge is 2.38. The predicted octanol–water partition coefficient (Wildman–Crippen LogP) is 3.50. The largest absolute Gasteiger partial charge is 0.450 e. The second-order valence-corrected chi connectivity index (χ2v) is 5.50. The number of nitriles is 1. The Morgan fingerprint density at radius 2 is 2.00 bits per heavy atom. The lowest BCUT2D eigenvalue weighted by Gasteiger charge is -2.11. The molecule has 0 amide bonds. The molecule has 0 aliphatic rings.